The van der Waals surface area contributed by atoms with Crippen molar-refractivity contribution in [1.82, 2.24) is 15.2 Å². The van der Waals surface area contributed by atoms with Gasteiger partial charge >= 0.3 is 0 Å². The van der Waals surface area contributed by atoms with Gasteiger partial charge in [-0.2, -0.15) is 0 Å². The van der Waals surface area contributed by atoms with E-state index in [9.17, 15) is 4.79 Å². The molecule has 2 rings (SSSR count). The number of nitrogens with zero attached hydrogens (tertiary/aromatic N) is 2. The zero-order chi connectivity index (χ0) is 18.5. The van der Waals surface area contributed by atoms with Crippen molar-refractivity contribution in [2.75, 3.05) is 19.6 Å². The summed E-state index contributed by atoms with van der Waals surface area (Å²) in [6.45, 7) is 6.09. The molecule has 0 aliphatic carbocycles. The third kappa shape index (κ3) is 8.08. The van der Waals surface area contributed by atoms with Crippen molar-refractivity contribution in [3.63, 3.8) is 0 Å². The Morgan fingerprint density at radius 2 is 1.96 bits per heavy atom. The van der Waals surface area contributed by atoms with Gasteiger partial charge in [-0.15, -0.1) is 0 Å². The lowest BCUT2D eigenvalue weighted by molar-refractivity contribution is -0.116. The number of amides is 1. The molecule has 0 saturated heterocycles. The summed E-state index contributed by atoms with van der Waals surface area (Å²) in [7, 11) is 0. The third-order valence-corrected chi connectivity index (χ3v) is 4.26. The van der Waals surface area contributed by atoms with Crippen molar-refractivity contribution in [2.24, 2.45) is 0 Å². The second-order valence-electron chi connectivity index (χ2n) is 6.33. The van der Waals surface area contributed by atoms with Crippen LogP contribution in [0, 0.1) is 0 Å². The topological polar surface area (TPSA) is 45.2 Å². The second kappa shape index (κ2) is 12.0. The van der Waals surface area contributed by atoms with Crippen LogP contribution >= 0.6 is 0 Å². The van der Waals surface area contributed by atoms with Gasteiger partial charge in [-0.05, 0) is 49.2 Å². The normalized spacial score (nSPS) is 11.2. The maximum atomic E-state index is 11.8. The fourth-order valence-electron chi connectivity index (χ4n) is 2.74. The first-order valence-corrected chi connectivity index (χ1v) is 9.40. The molecule has 1 aromatic carbocycles. The molecular formula is C22H29N3O. The highest BCUT2D eigenvalue weighted by molar-refractivity contribution is 5.91. The Morgan fingerprint density at radius 3 is 2.69 bits per heavy atom. The molecular weight excluding hydrogens is 322 g/mol. The van der Waals surface area contributed by atoms with Crippen molar-refractivity contribution < 1.29 is 4.79 Å². The number of nitrogens with one attached hydrogen (secondary N) is 1. The Morgan fingerprint density at radius 1 is 1.12 bits per heavy atom. The molecule has 0 saturated carbocycles. The Labute approximate surface area is 157 Å². The molecule has 2 aromatic rings. The van der Waals surface area contributed by atoms with Crippen LogP contribution in [0.15, 0.2) is 60.9 Å². The van der Waals surface area contributed by atoms with Crippen LogP contribution in [-0.2, 0) is 11.3 Å². The summed E-state index contributed by atoms with van der Waals surface area (Å²) in [5, 5.41) is 2.94. The van der Waals surface area contributed by atoms with Crippen molar-refractivity contribution >= 4 is 12.0 Å². The van der Waals surface area contributed by atoms with E-state index in [2.05, 4.69) is 52.5 Å². The van der Waals surface area contributed by atoms with E-state index in [4.69, 9.17) is 0 Å². The monoisotopic (exact) mass is 351 g/mol. The Hall–Kier alpha value is -2.46. The van der Waals surface area contributed by atoms with Crippen LogP contribution in [0.25, 0.3) is 6.08 Å². The van der Waals surface area contributed by atoms with Crippen molar-refractivity contribution in [1.29, 1.82) is 0 Å². The minimum atomic E-state index is -0.0480. The summed E-state index contributed by atoms with van der Waals surface area (Å²) in [5.41, 5.74) is 2.29. The molecule has 0 aliphatic heterocycles. The maximum absolute atomic E-state index is 11.8. The number of hydrogen-bond acceptors (Lipinski definition) is 3. The van der Waals surface area contributed by atoms with Crippen LogP contribution < -0.4 is 5.32 Å². The van der Waals surface area contributed by atoms with Crippen LogP contribution in [0.3, 0.4) is 0 Å². The number of pyridine rings is 1. The molecule has 138 valence electrons. The predicted octanol–water partition coefficient (Wildman–Crippen LogP) is 3.90. The first kappa shape index (κ1) is 19.9. The van der Waals surface area contributed by atoms with E-state index in [-0.39, 0.29) is 5.91 Å². The zero-order valence-electron chi connectivity index (χ0n) is 15.6. The average Bonchev–Trinajstić information content (AvgIpc) is 2.69. The maximum Gasteiger partial charge on any atom is 0.243 e. The molecule has 0 spiro atoms. The van der Waals surface area contributed by atoms with Crippen molar-refractivity contribution in [2.45, 2.75) is 32.7 Å². The minimum absolute atomic E-state index is 0.0480. The summed E-state index contributed by atoms with van der Waals surface area (Å²) in [4.78, 5) is 18.3. The lowest BCUT2D eigenvalue weighted by Crippen LogP contribution is -2.25. The quantitative estimate of drug-likeness (QED) is 0.493. The Balaban J connectivity index is 1.55. The second-order valence-corrected chi connectivity index (χ2v) is 6.33. The number of aromatic nitrogens is 1. The number of rotatable bonds is 11. The number of hydrogen-bond donors (Lipinski definition) is 1. The van der Waals surface area contributed by atoms with Gasteiger partial charge in [0.2, 0.25) is 5.91 Å². The van der Waals surface area contributed by atoms with Gasteiger partial charge in [-0.1, -0.05) is 49.7 Å². The molecule has 0 radical (unpaired) electrons. The van der Waals surface area contributed by atoms with E-state index in [1.807, 2.05) is 12.1 Å². The summed E-state index contributed by atoms with van der Waals surface area (Å²) < 4.78 is 0. The lowest BCUT2D eigenvalue weighted by atomic mass is 10.2. The van der Waals surface area contributed by atoms with E-state index in [1.165, 1.54) is 5.56 Å². The van der Waals surface area contributed by atoms with E-state index < -0.39 is 0 Å². The SMILES string of the molecule is CCN(CCCCCNC(=O)C=Cc1cccnc1)Cc1ccccc1. The summed E-state index contributed by atoms with van der Waals surface area (Å²) in [6.07, 6.45) is 10.1. The van der Waals surface area contributed by atoms with Crippen LogP contribution in [0.4, 0.5) is 0 Å². The van der Waals surface area contributed by atoms with Gasteiger partial charge in [0, 0.05) is 31.6 Å². The van der Waals surface area contributed by atoms with Gasteiger partial charge in [-0.25, -0.2) is 0 Å². The fraction of sp³-hybridized carbons (Fsp3) is 0.364. The molecule has 0 aliphatic rings. The van der Waals surface area contributed by atoms with E-state index in [0.29, 0.717) is 0 Å². The molecule has 0 unspecified atom stereocenters. The predicted molar refractivity (Wildman–Crippen MR) is 108 cm³/mol. The van der Waals surface area contributed by atoms with Crippen LogP contribution in [0.1, 0.15) is 37.3 Å². The number of unbranched alkanes of at least 4 members (excludes halogenated alkanes) is 2. The van der Waals surface area contributed by atoms with E-state index >= 15 is 0 Å². The molecule has 26 heavy (non-hydrogen) atoms. The third-order valence-electron chi connectivity index (χ3n) is 4.26. The molecule has 4 heteroatoms. The molecule has 0 bridgehead atoms. The lowest BCUT2D eigenvalue weighted by Gasteiger charge is -2.20. The Bertz CT molecular complexity index is 656. The molecule has 0 atom stereocenters. The van der Waals surface area contributed by atoms with Gasteiger partial charge < -0.3 is 5.32 Å². The van der Waals surface area contributed by atoms with Crippen molar-refractivity contribution in [3.8, 4) is 0 Å². The fourth-order valence-corrected chi connectivity index (χ4v) is 2.74. The molecule has 0 fully saturated rings. The van der Waals surface area contributed by atoms with Gasteiger partial charge in [0.25, 0.3) is 0 Å². The summed E-state index contributed by atoms with van der Waals surface area (Å²) in [5.74, 6) is -0.0480. The first-order valence-electron chi connectivity index (χ1n) is 9.40. The number of carbonyl (C=O) groups excluding carboxylic acids is 1. The summed E-state index contributed by atoms with van der Waals surface area (Å²) in [6, 6.07) is 14.4. The standard InChI is InChI=1S/C22H29N3O/c1-2-25(19-21-10-5-3-6-11-21)17-8-4-7-16-24-22(26)14-13-20-12-9-15-23-18-20/h3,5-6,9-15,18H,2,4,7-8,16-17,19H2,1H3,(H,24,26). The molecule has 4 nitrogen and oxygen atoms in total. The van der Waals surface area contributed by atoms with Gasteiger partial charge in [0.15, 0.2) is 0 Å². The van der Waals surface area contributed by atoms with Crippen LogP contribution in [0.2, 0.25) is 0 Å². The van der Waals surface area contributed by atoms with Crippen molar-refractivity contribution in [3.05, 3.63) is 72.1 Å². The van der Waals surface area contributed by atoms with Crippen LogP contribution in [-0.4, -0.2) is 35.4 Å². The molecule has 1 N–H and O–H groups in total. The van der Waals surface area contributed by atoms with E-state index in [0.717, 1.165) is 51.0 Å². The largest absolute Gasteiger partial charge is 0.353 e. The number of carbonyl (C=O) groups is 1. The molecule has 1 heterocycles. The highest BCUT2D eigenvalue weighted by Crippen LogP contribution is 2.06. The highest BCUT2D eigenvalue weighted by atomic mass is 16.1. The van der Waals surface area contributed by atoms with Crippen LogP contribution in [0.5, 0.6) is 0 Å². The molecule has 1 aromatic heterocycles. The smallest absolute Gasteiger partial charge is 0.243 e. The van der Waals surface area contributed by atoms with Gasteiger partial charge in [-0.3, -0.25) is 14.7 Å². The summed E-state index contributed by atoms with van der Waals surface area (Å²) >= 11 is 0. The Kier molecular flexibility index (Phi) is 9.15. The molecule has 1 amide bonds. The average molecular weight is 351 g/mol. The minimum Gasteiger partial charge on any atom is -0.353 e. The van der Waals surface area contributed by atoms with Gasteiger partial charge in [0.1, 0.15) is 0 Å². The van der Waals surface area contributed by atoms with Gasteiger partial charge in [0.05, 0.1) is 0 Å². The van der Waals surface area contributed by atoms with E-state index in [1.54, 1.807) is 24.5 Å². The first-order chi connectivity index (χ1) is 12.8. The number of benzene rings is 1. The highest BCUT2D eigenvalue weighted by Gasteiger charge is 2.03. The zero-order valence-corrected chi connectivity index (χ0v) is 15.6.